The quantitative estimate of drug-likeness (QED) is 0.787. The Morgan fingerprint density at radius 1 is 1.19 bits per heavy atom. The predicted molar refractivity (Wildman–Crippen MR) is 78.4 cm³/mol. The number of ether oxygens (including phenoxy) is 1. The maximum absolute atomic E-state index is 12.3. The van der Waals surface area contributed by atoms with Crippen molar-refractivity contribution in [3.63, 3.8) is 0 Å². The molecule has 21 heavy (non-hydrogen) atoms. The number of piperidine rings is 1. The molecular weight excluding hydrogens is 272 g/mol. The number of nitrogens with zero attached hydrogens (tertiary/aromatic N) is 1. The summed E-state index contributed by atoms with van der Waals surface area (Å²) in [5.74, 6) is -0.585. The van der Waals surface area contributed by atoms with Crippen molar-refractivity contribution < 1.29 is 19.1 Å². The monoisotopic (exact) mass is 298 g/mol. The molecule has 1 N–H and O–H groups in total. The van der Waals surface area contributed by atoms with E-state index >= 15 is 0 Å². The first-order chi connectivity index (χ1) is 9.66. The summed E-state index contributed by atoms with van der Waals surface area (Å²) in [6.07, 6.45) is 1.22. The highest BCUT2D eigenvalue weighted by atomic mass is 16.5. The van der Waals surface area contributed by atoms with Gasteiger partial charge in [0.1, 0.15) is 6.04 Å². The minimum Gasteiger partial charge on any atom is -0.469 e. The van der Waals surface area contributed by atoms with Crippen LogP contribution in [-0.2, 0) is 19.1 Å². The van der Waals surface area contributed by atoms with E-state index in [4.69, 9.17) is 4.74 Å². The Morgan fingerprint density at radius 2 is 1.71 bits per heavy atom. The number of rotatable bonds is 3. The van der Waals surface area contributed by atoms with Gasteiger partial charge in [-0.25, -0.2) is 0 Å². The molecule has 1 fully saturated rings. The van der Waals surface area contributed by atoms with Crippen LogP contribution in [-0.4, -0.2) is 48.9 Å². The zero-order valence-corrected chi connectivity index (χ0v) is 13.6. The number of likely N-dealkylation sites (tertiary alicyclic amines) is 1. The lowest BCUT2D eigenvalue weighted by Gasteiger charge is -2.33. The van der Waals surface area contributed by atoms with Crippen molar-refractivity contribution in [2.75, 3.05) is 20.2 Å². The highest BCUT2D eigenvalue weighted by Gasteiger charge is 2.31. The molecule has 0 radical (unpaired) electrons. The average Bonchev–Trinajstić information content (AvgIpc) is 2.44. The first kappa shape index (κ1) is 17.5. The third kappa shape index (κ3) is 4.72. The standard InChI is InChI=1S/C15H26N2O4/c1-10(16-14(20)15(2,3)4)12(18)17-8-6-11(7-9-17)13(19)21-5/h10-11H,6-9H2,1-5H3,(H,16,20). The molecule has 2 amide bonds. The molecule has 0 bridgehead atoms. The molecule has 1 aliphatic rings. The summed E-state index contributed by atoms with van der Waals surface area (Å²) in [7, 11) is 1.38. The van der Waals surface area contributed by atoms with E-state index in [1.807, 2.05) is 0 Å². The minimum atomic E-state index is -0.550. The average molecular weight is 298 g/mol. The summed E-state index contributed by atoms with van der Waals surface area (Å²) in [6, 6.07) is -0.550. The van der Waals surface area contributed by atoms with Gasteiger partial charge in [0.2, 0.25) is 11.8 Å². The van der Waals surface area contributed by atoms with E-state index in [1.54, 1.807) is 32.6 Å². The molecule has 0 aromatic carbocycles. The molecule has 1 aliphatic heterocycles. The predicted octanol–water partition coefficient (Wildman–Crippen LogP) is 0.949. The number of carbonyl (C=O) groups is 3. The largest absolute Gasteiger partial charge is 0.469 e. The van der Waals surface area contributed by atoms with Gasteiger partial charge < -0.3 is 15.0 Å². The van der Waals surface area contributed by atoms with Crippen molar-refractivity contribution in [2.45, 2.75) is 46.6 Å². The second kappa shape index (κ2) is 6.91. The lowest BCUT2D eigenvalue weighted by molar-refractivity contribution is -0.149. The van der Waals surface area contributed by atoms with E-state index in [9.17, 15) is 14.4 Å². The Balaban J connectivity index is 2.50. The molecular formula is C15H26N2O4. The van der Waals surface area contributed by atoms with Crippen molar-refractivity contribution in [1.82, 2.24) is 10.2 Å². The molecule has 0 aromatic rings. The molecule has 6 heteroatoms. The molecule has 1 unspecified atom stereocenters. The highest BCUT2D eigenvalue weighted by Crippen LogP contribution is 2.19. The number of methoxy groups -OCH3 is 1. The van der Waals surface area contributed by atoms with E-state index < -0.39 is 11.5 Å². The van der Waals surface area contributed by atoms with E-state index in [1.165, 1.54) is 7.11 Å². The fraction of sp³-hybridized carbons (Fsp3) is 0.800. The Morgan fingerprint density at radius 3 is 2.14 bits per heavy atom. The van der Waals surface area contributed by atoms with Crippen LogP contribution in [0.2, 0.25) is 0 Å². The van der Waals surface area contributed by atoms with Gasteiger partial charge in [-0.05, 0) is 19.8 Å². The smallest absolute Gasteiger partial charge is 0.308 e. The number of hydrogen-bond acceptors (Lipinski definition) is 4. The van der Waals surface area contributed by atoms with Crippen molar-refractivity contribution >= 4 is 17.8 Å². The Hall–Kier alpha value is -1.59. The van der Waals surface area contributed by atoms with Crippen LogP contribution in [0.1, 0.15) is 40.5 Å². The summed E-state index contributed by atoms with van der Waals surface area (Å²) in [6.45, 7) is 8.16. The summed E-state index contributed by atoms with van der Waals surface area (Å²) < 4.78 is 4.72. The number of hydrogen-bond donors (Lipinski definition) is 1. The van der Waals surface area contributed by atoms with Crippen molar-refractivity contribution in [1.29, 1.82) is 0 Å². The van der Waals surface area contributed by atoms with Gasteiger partial charge in [0.15, 0.2) is 0 Å². The van der Waals surface area contributed by atoms with Crippen LogP contribution in [0, 0.1) is 11.3 Å². The van der Waals surface area contributed by atoms with Crippen molar-refractivity contribution in [3.05, 3.63) is 0 Å². The Labute approximate surface area is 126 Å². The van der Waals surface area contributed by atoms with Gasteiger partial charge in [-0.3, -0.25) is 14.4 Å². The minimum absolute atomic E-state index is 0.101. The highest BCUT2D eigenvalue weighted by molar-refractivity contribution is 5.89. The fourth-order valence-corrected chi connectivity index (χ4v) is 2.25. The number of esters is 1. The van der Waals surface area contributed by atoms with Crippen LogP contribution in [0.25, 0.3) is 0 Å². The van der Waals surface area contributed by atoms with E-state index in [0.717, 1.165) is 0 Å². The summed E-state index contributed by atoms with van der Waals surface area (Å²) in [4.78, 5) is 37.4. The van der Waals surface area contributed by atoms with Crippen molar-refractivity contribution in [3.8, 4) is 0 Å². The molecule has 120 valence electrons. The molecule has 1 saturated heterocycles. The topological polar surface area (TPSA) is 75.7 Å². The molecule has 6 nitrogen and oxygen atoms in total. The first-order valence-corrected chi connectivity index (χ1v) is 7.34. The van der Waals surface area contributed by atoms with Gasteiger partial charge in [-0.15, -0.1) is 0 Å². The number of nitrogens with one attached hydrogen (secondary N) is 1. The van der Waals surface area contributed by atoms with Gasteiger partial charge >= 0.3 is 5.97 Å². The van der Waals surface area contributed by atoms with Crippen LogP contribution >= 0.6 is 0 Å². The summed E-state index contributed by atoms with van der Waals surface area (Å²) in [5, 5.41) is 2.74. The van der Waals surface area contributed by atoms with Crippen molar-refractivity contribution in [2.24, 2.45) is 11.3 Å². The Kier molecular flexibility index (Phi) is 5.75. The normalized spacial score (nSPS) is 18.0. The van der Waals surface area contributed by atoms with E-state index in [2.05, 4.69) is 5.32 Å². The zero-order chi connectivity index (χ0) is 16.2. The third-order valence-electron chi connectivity index (χ3n) is 3.74. The van der Waals surface area contributed by atoms with Crippen LogP contribution in [0.3, 0.4) is 0 Å². The van der Waals surface area contributed by atoms with E-state index in [0.29, 0.717) is 25.9 Å². The second-order valence-corrected chi connectivity index (χ2v) is 6.57. The molecule has 0 saturated carbocycles. The lowest BCUT2D eigenvalue weighted by atomic mass is 9.94. The van der Waals surface area contributed by atoms with Crippen LogP contribution < -0.4 is 5.32 Å². The molecule has 0 aromatic heterocycles. The molecule has 0 spiro atoms. The maximum atomic E-state index is 12.3. The molecule has 1 atom stereocenters. The van der Waals surface area contributed by atoms with Gasteiger partial charge in [-0.2, -0.15) is 0 Å². The van der Waals surface area contributed by atoms with Gasteiger partial charge in [0.25, 0.3) is 0 Å². The summed E-state index contributed by atoms with van der Waals surface area (Å²) >= 11 is 0. The lowest BCUT2D eigenvalue weighted by Crippen LogP contribution is -2.51. The fourth-order valence-electron chi connectivity index (χ4n) is 2.25. The van der Waals surface area contributed by atoms with E-state index in [-0.39, 0.29) is 23.7 Å². The molecule has 1 heterocycles. The van der Waals surface area contributed by atoms with Gasteiger partial charge in [-0.1, -0.05) is 20.8 Å². The molecule has 1 rings (SSSR count). The zero-order valence-electron chi connectivity index (χ0n) is 13.6. The van der Waals surface area contributed by atoms with Gasteiger partial charge in [0, 0.05) is 18.5 Å². The number of carbonyl (C=O) groups excluding carboxylic acids is 3. The van der Waals surface area contributed by atoms with Crippen LogP contribution in [0.15, 0.2) is 0 Å². The molecule has 0 aliphatic carbocycles. The SMILES string of the molecule is COC(=O)C1CCN(C(=O)C(C)NC(=O)C(C)(C)C)CC1. The number of amides is 2. The maximum Gasteiger partial charge on any atom is 0.308 e. The third-order valence-corrected chi connectivity index (χ3v) is 3.74. The van der Waals surface area contributed by atoms with Gasteiger partial charge in [0.05, 0.1) is 13.0 Å². The second-order valence-electron chi connectivity index (χ2n) is 6.57. The van der Waals surface area contributed by atoms with Crippen LogP contribution in [0.4, 0.5) is 0 Å². The van der Waals surface area contributed by atoms with Crippen LogP contribution in [0.5, 0.6) is 0 Å². The summed E-state index contributed by atoms with van der Waals surface area (Å²) in [5.41, 5.74) is -0.521. The Bertz CT molecular complexity index is 406. The first-order valence-electron chi connectivity index (χ1n) is 7.34.